The molecule has 2 aromatic carbocycles. The van der Waals surface area contributed by atoms with Crippen molar-refractivity contribution >= 4 is 46.5 Å². The predicted molar refractivity (Wildman–Crippen MR) is 87.8 cm³/mol. The fourth-order valence-electron chi connectivity index (χ4n) is 2.21. The summed E-state index contributed by atoms with van der Waals surface area (Å²) in [6.45, 7) is 0. The van der Waals surface area contributed by atoms with E-state index in [2.05, 4.69) is 11.1 Å². The minimum Gasteiger partial charge on any atom is -0.330 e. The highest BCUT2D eigenvalue weighted by Crippen LogP contribution is 2.29. The van der Waals surface area contributed by atoms with Gasteiger partial charge in [0, 0.05) is 5.69 Å². The minimum atomic E-state index is 0.390. The van der Waals surface area contributed by atoms with Gasteiger partial charge < -0.3 is 4.98 Å². The van der Waals surface area contributed by atoms with Crippen molar-refractivity contribution in [3.8, 4) is 11.8 Å². The zero-order chi connectivity index (χ0) is 15.0. The molecule has 0 saturated carbocycles. The Hall–Kier alpha value is -1.80. The van der Waals surface area contributed by atoms with Gasteiger partial charge in [-0.05, 0) is 42.0 Å². The second-order valence-corrected chi connectivity index (χ2v) is 5.75. The summed E-state index contributed by atoms with van der Waals surface area (Å²) < 4.78 is 2.46. The number of hydrogen-bond acceptors (Lipinski definition) is 2. The zero-order valence-corrected chi connectivity index (χ0v) is 13.1. The number of nitrogens with one attached hydrogen (secondary N) is 1. The van der Waals surface area contributed by atoms with E-state index in [-0.39, 0.29) is 0 Å². The molecular formula is C15H9Cl2N3S. The van der Waals surface area contributed by atoms with Crippen molar-refractivity contribution in [3.05, 3.63) is 56.8 Å². The summed E-state index contributed by atoms with van der Waals surface area (Å²) in [6.07, 6.45) is 0.390. The third-order valence-corrected chi connectivity index (χ3v) is 4.21. The highest BCUT2D eigenvalue weighted by atomic mass is 35.5. The largest absolute Gasteiger partial charge is 0.330 e. The highest BCUT2D eigenvalue weighted by Gasteiger charge is 2.09. The van der Waals surface area contributed by atoms with Gasteiger partial charge in [-0.3, -0.25) is 4.57 Å². The molecule has 1 aromatic heterocycles. The van der Waals surface area contributed by atoms with Gasteiger partial charge in [0.15, 0.2) is 4.77 Å². The number of hydrogen-bond donors (Lipinski definition) is 1. The van der Waals surface area contributed by atoms with Gasteiger partial charge in [0.2, 0.25) is 0 Å². The van der Waals surface area contributed by atoms with Gasteiger partial charge in [-0.25, -0.2) is 0 Å². The molecule has 3 nitrogen and oxygen atoms in total. The molecule has 104 valence electrons. The Morgan fingerprint density at radius 1 is 1.14 bits per heavy atom. The maximum absolute atomic E-state index is 8.71. The van der Waals surface area contributed by atoms with E-state index in [4.69, 9.17) is 40.7 Å². The quantitative estimate of drug-likeness (QED) is 0.666. The van der Waals surface area contributed by atoms with Crippen LogP contribution >= 0.6 is 35.4 Å². The Kier molecular flexibility index (Phi) is 3.73. The van der Waals surface area contributed by atoms with Crippen LogP contribution in [0.25, 0.3) is 16.7 Å². The standard InChI is InChI=1S/C15H9Cl2N3S/c16-11-7-13-14(8-12(11)17)20(15(21)19-13)10-3-1-9(2-4-10)5-6-18/h1-4,7-8H,5H2,(H,19,21). The predicted octanol–water partition coefficient (Wildman–Crippen LogP) is 5.06. The first-order valence-corrected chi connectivity index (χ1v) is 7.32. The van der Waals surface area contributed by atoms with E-state index in [1.807, 2.05) is 28.8 Å². The Labute approximate surface area is 136 Å². The zero-order valence-electron chi connectivity index (χ0n) is 10.7. The van der Waals surface area contributed by atoms with Crippen LogP contribution in [0.1, 0.15) is 5.56 Å². The first kappa shape index (κ1) is 14.2. The van der Waals surface area contributed by atoms with Crippen LogP contribution < -0.4 is 0 Å². The van der Waals surface area contributed by atoms with Crippen molar-refractivity contribution in [1.29, 1.82) is 5.26 Å². The molecule has 1 N–H and O–H groups in total. The lowest BCUT2D eigenvalue weighted by molar-refractivity contribution is 1.06. The van der Waals surface area contributed by atoms with Gasteiger partial charge in [-0.1, -0.05) is 35.3 Å². The van der Waals surface area contributed by atoms with Gasteiger partial charge in [-0.15, -0.1) is 0 Å². The average Bonchev–Trinajstić information content (AvgIpc) is 2.76. The molecule has 0 atom stereocenters. The van der Waals surface area contributed by atoms with Crippen LogP contribution in [0.5, 0.6) is 0 Å². The van der Waals surface area contributed by atoms with Crippen LogP contribution in [0, 0.1) is 16.1 Å². The van der Waals surface area contributed by atoms with Crippen molar-refractivity contribution < 1.29 is 0 Å². The summed E-state index contributed by atoms with van der Waals surface area (Å²) in [4.78, 5) is 3.12. The molecule has 0 saturated heterocycles. The summed E-state index contributed by atoms with van der Waals surface area (Å²) in [5, 5.41) is 9.67. The maximum Gasteiger partial charge on any atom is 0.182 e. The summed E-state index contributed by atoms with van der Waals surface area (Å²) in [7, 11) is 0. The van der Waals surface area contributed by atoms with E-state index >= 15 is 0 Å². The Balaban J connectivity index is 2.20. The molecule has 3 rings (SSSR count). The smallest absolute Gasteiger partial charge is 0.182 e. The average molecular weight is 334 g/mol. The summed E-state index contributed by atoms with van der Waals surface area (Å²) in [5.41, 5.74) is 3.57. The van der Waals surface area contributed by atoms with Crippen LogP contribution in [0.4, 0.5) is 0 Å². The Bertz CT molecular complexity index is 917. The number of imidazole rings is 1. The number of rotatable bonds is 2. The number of nitriles is 1. The normalized spacial score (nSPS) is 10.7. The van der Waals surface area contributed by atoms with E-state index in [1.165, 1.54) is 0 Å². The van der Waals surface area contributed by atoms with E-state index in [0.717, 1.165) is 22.3 Å². The molecule has 0 unspecified atom stereocenters. The SMILES string of the molecule is N#CCc1ccc(-n2c(=S)[nH]c3cc(Cl)c(Cl)cc32)cc1. The highest BCUT2D eigenvalue weighted by molar-refractivity contribution is 7.71. The van der Waals surface area contributed by atoms with Crippen molar-refractivity contribution in [1.82, 2.24) is 9.55 Å². The molecule has 1 heterocycles. The van der Waals surface area contributed by atoms with Gasteiger partial charge >= 0.3 is 0 Å². The second kappa shape index (κ2) is 5.53. The third kappa shape index (κ3) is 2.56. The molecule has 0 amide bonds. The summed E-state index contributed by atoms with van der Waals surface area (Å²) in [5.74, 6) is 0. The number of halogens is 2. The number of H-pyrrole nitrogens is 1. The summed E-state index contributed by atoms with van der Waals surface area (Å²) in [6, 6.07) is 13.4. The van der Waals surface area contributed by atoms with Gasteiger partial charge in [0.25, 0.3) is 0 Å². The molecular weight excluding hydrogens is 325 g/mol. The first-order valence-electron chi connectivity index (χ1n) is 6.16. The van der Waals surface area contributed by atoms with Crippen LogP contribution in [0.3, 0.4) is 0 Å². The van der Waals surface area contributed by atoms with Gasteiger partial charge in [0.05, 0.1) is 33.6 Å². The van der Waals surface area contributed by atoms with Crippen molar-refractivity contribution in [2.45, 2.75) is 6.42 Å². The number of fused-ring (bicyclic) bond motifs is 1. The number of benzene rings is 2. The van der Waals surface area contributed by atoms with Crippen molar-refractivity contribution in [3.63, 3.8) is 0 Å². The molecule has 0 spiro atoms. The van der Waals surface area contributed by atoms with E-state index < -0.39 is 0 Å². The third-order valence-electron chi connectivity index (χ3n) is 3.20. The lowest BCUT2D eigenvalue weighted by Gasteiger charge is -2.06. The number of aromatic amines is 1. The monoisotopic (exact) mass is 333 g/mol. The lowest BCUT2D eigenvalue weighted by atomic mass is 10.1. The van der Waals surface area contributed by atoms with E-state index in [1.54, 1.807) is 12.1 Å². The second-order valence-electron chi connectivity index (χ2n) is 4.55. The number of nitrogens with zero attached hydrogens (tertiary/aromatic N) is 2. The fraction of sp³-hybridized carbons (Fsp3) is 0.0667. The van der Waals surface area contributed by atoms with Crippen LogP contribution in [-0.4, -0.2) is 9.55 Å². The van der Waals surface area contributed by atoms with Gasteiger partial charge in [0.1, 0.15) is 0 Å². The van der Waals surface area contributed by atoms with E-state index in [9.17, 15) is 0 Å². The fourth-order valence-corrected chi connectivity index (χ4v) is 2.85. The topological polar surface area (TPSA) is 44.5 Å². The Morgan fingerprint density at radius 3 is 2.48 bits per heavy atom. The molecule has 6 heteroatoms. The van der Waals surface area contributed by atoms with Crippen molar-refractivity contribution in [2.24, 2.45) is 0 Å². The van der Waals surface area contributed by atoms with E-state index in [0.29, 0.717) is 21.2 Å². The molecule has 3 aromatic rings. The molecule has 0 aliphatic heterocycles. The lowest BCUT2D eigenvalue weighted by Crippen LogP contribution is -1.94. The maximum atomic E-state index is 8.71. The minimum absolute atomic E-state index is 0.390. The van der Waals surface area contributed by atoms with Crippen molar-refractivity contribution in [2.75, 3.05) is 0 Å². The van der Waals surface area contributed by atoms with Gasteiger partial charge in [-0.2, -0.15) is 5.26 Å². The van der Waals surface area contributed by atoms with Crippen LogP contribution in [0.15, 0.2) is 36.4 Å². The number of aromatic nitrogens is 2. The summed E-state index contributed by atoms with van der Waals surface area (Å²) >= 11 is 17.5. The molecule has 0 aliphatic carbocycles. The molecule has 0 radical (unpaired) electrons. The van der Waals surface area contributed by atoms with Crippen LogP contribution in [-0.2, 0) is 6.42 Å². The van der Waals surface area contributed by atoms with Crippen LogP contribution in [0.2, 0.25) is 10.0 Å². The molecule has 21 heavy (non-hydrogen) atoms. The molecule has 0 aliphatic rings. The molecule has 0 bridgehead atoms. The first-order chi connectivity index (χ1) is 10.1. The molecule has 0 fully saturated rings. The Morgan fingerprint density at radius 2 is 1.81 bits per heavy atom.